The first-order valence-electron chi connectivity index (χ1n) is 9.31. The Morgan fingerprint density at radius 3 is 2.79 bits per heavy atom. The molecule has 1 heterocycles. The number of halogens is 2. The van der Waals surface area contributed by atoms with Crippen LogP contribution in [0.4, 0.5) is 8.78 Å². The molecule has 4 nitrogen and oxygen atoms in total. The second kappa shape index (κ2) is 7.75. The van der Waals surface area contributed by atoms with Crippen molar-refractivity contribution in [1.29, 1.82) is 0 Å². The Bertz CT molecular complexity index is 770. The molecule has 0 fully saturated rings. The summed E-state index contributed by atoms with van der Waals surface area (Å²) < 4.78 is 56.1. The molecule has 0 amide bonds. The minimum atomic E-state index is -2.28. The van der Waals surface area contributed by atoms with Gasteiger partial charge < -0.3 is 10.1 Å². The fourth-order valence-electron chi connectivity index (χ4n) is 2.15. The molecule has 1 N–H and O–H groups in total. The first-order chi connectivity index (χ1) is 12.4. The predicted octanol–water partition coefficient (Wildman–Crippen LogP) is 3.90. The van der Waals surface area contributed by atoms with Gasteiger partial charge in [0, 0.05) is 28.8 Å². The van der Waals surface area contributed by atoms with Crippen LogP contribution in [0.1, 0.15) is 42.6 Å². The van der Waals surface area contributed by atoms with Gasteiger partial charge in [-0.15, -0.1) is 0 Å². The summed E-state index contributed by atoms with van der Waals surface area (Å²) in [5.74, 6) is -0.717. The Hall–Kier alpha value is -1.95. The molecule has 0 saturated carbocycles. The zero-order valence-corrected chi connectivity index (χ0v) is 14.2. The van der Waals surface area contributed by atoms with Gasteiger partial charge in [-0.2, -0.15) is 5.10 Å². The van der Waals surface area contributed by atoms with Crippen molar-refractivity contribution >= 4 is 0 Å². The van der Waals surface area contributed by atoms with Gasteiger partial charge in [-0.05, 0) is 37.0 Å². The van der Waals surface area contributed by atoms with Crippen LogP contribution in [0.15, 0.2) is 24.3 Å². The van der Waals surface area contributed by atoms with Crippen LogP contribution in [0.3, 0.4) is 0 Å². The molecule has 2 aromatic rings. The maximum absolute atomic E-state index is 13.8. The predicted molar refractivity (Wildman–Crippen MR) is 89.8 cm³/mol. The quantitative estimate of drug-likeness (QED) is 0.831. The van der Waals surface area contributed by atoms with E-state index in [9.17, 15) is 8.78 Å². The minimum Gasteiger partial charge on any atom is -0.473 e. The molecule has 0 radical (unpaired) electrons. The fraction of sp³-hybridized carbons (Fsp3) is 0.500. The van der Waals surface area contributed by atoms with E-state index in [0.717, 1.165) is 24.6 Å². The third-order valence-corrected chi connectivity index (χ3v) is 3.52. The number of nitrogens with one attached hydrogen (secondary N) is 1. The van der Waals surface area contributed by atoms with Gasteiger partial charge >= 0.3 is 0 Å². The van der Waals surface area contributed by atoms with E-state index < -0.39 is 18.6 Å². The number of rotatable bonds is 7. The minimum absolute atomic E-state index is 0.0453. The molecular formula is C18H25F2N3O. The number of hydrogen-bond donors (Lipinski definition) is 1. The van der Waals surface area contributed by atoms with Gasteiger partial charge in [0.1, 0.15) is 18.2 Å². The molecule has 0 unspecified atom stereocenters. The van der Waals surface area contributed by atoms with Gasteiger partial charge in [0.05, 0.1) is 5.69 Å². The van der Waals surface area contributed by atoms with E-state index in [4.69, 9.17) is 8.85 Å². The van der Waals surface area contributed by atoms with E-state index in [1.807, 2.05) is 0 Å². The lowest BCUT2D eigenvalue weighted by atomic mass is 9.92. The molecule has 0 aliphatic rings. The molecule has 0 aliphatic heterocycles. The molecule has 0 aliphatic carbocycles. The van der Waals surface area contributed by atoms with E-state index in [-0.39, 0.29) is 24.1 Å². The van der Waals surface area contributed by atoms with Crippen molar-refractivity contribution in [1.82, 2.24) is 15.1 Å². The van der Waals surface area contributed by atoms with Gasteiger partial charge in [0.15, 0.2) is 0 Å². The highest BCUT2D eigenvalue weighted by molar-refractivity contribution is 5.20. The molecule has 0 bridgehead atoms. The summed E-state index contributed by atoms with van der Waals surface area (Å²) >= 11 is 0. The Kier molecular flexibility index (Phi) is 4.65. The topological polar surface area (TPSA) is 39.1 Å². The Labute approximate surface area is 146 Å². The summed E-state index contributed by atoms with van der Waals surface area (Å²) in [6.45, 7) is 4.45. The summed E-state index contributed by atoms with van der Waals surface area (Å²) in [7, 11) is 0. The molecule has 24 heavy (non-hydrogen) atoms. The smallest absolute Gasteiger partial charge is 0.212 e. The van der Waals surface area contributed by atoms with Crippen molar-refractivity contribution in [2.24, 2.45) is 5.41 Å². The van der Waals surface area contributed by atoms with Crippen molar-refractivity contribution in [3.63, 3.8) is 0 Å². The largest absolute Gasteiger partial charge is 0.473 e. The van der Waals surface area contributed by atoms with Crippen molar-refractivity contribution < 1.29 is 17.6 Å². The van der Waals surface area contributed by atoms with Crippen LogP contribution in [0, 0.1) is 17.0 Å². The van der Waals surface area contributed by atoms with Crippen LogP contribution < -0.4 is 10.1 Å². The second-order valence-electron chi connectivity index (χ2n) is 6.89. The SMILES string of the molecule is [2H]C([2H])([2H])NCc1cc(OCc2cc(F)ccc2F)n(CCC(C)(C)C)n1. The highest BCUT2D eigenvalue weighted by atomic mass is 19.1. The summed E-state index contributed by atoms with van der Waals surface area (Å²) in [4.78, 5) is 0. The molecule has 0 spiro atoms. The molecule has 1 aromatic carbocycles. The standard InChI is InChI=1S/C18H25F2N3O/c1-18(2,3)7-8-23-17(10-15(22-23)11-21-4)24-12-13-9-14(19)5-6-16(13)20/h5-6,9-10,21H,7-8,11-12H2,1-4H3/i4D3. The van der Waals surface area contributed by atoms with Crippen LogP contribution in [-0.4, -0.2) is 16.8 Å². The Morgan fingerprint density at radius 2 is 2.08 bits per heavy atom. The number of aromatic nitrogens is 2. The molecule has 1 aromatic heterocycles. The monoisotopic (exact) mass is 340 g/mol. The van der Waals surface area contributed by atoms with E-state index in [0.29, 0.717) is 18.1 Å². The zero-order chi connectivity index (χ0) is 20.2. The van der Waals surface area contributed by atoms with Crippen molar-refractivity contribution in [2.75, 3.05) is 6.98 Å². The lowest BCUT2D eigenvalue weighted by Crippen LogP contribution is -2.13. The third-order valence-electron chi connectivity index (χ3n) is 3.52. The number of nitrogens with zero attached hydrogens (tertiary/aromatic N) is 2. The molecule has 6 heteroatoms. The highest BCUT2D eigenvalue weighted by Gasteiger charge is 2.15. The van der Waals surface area contributed by atoms with Gasteiger partial charge in [0.2, 0.25) is 5.88 Å². The maximum Gasteiger partial charge on any atom is 0.212 e. The lowest BCUT2D eigenvalue weighted by Gasteiger charge is -2.18. The highest BCUT2D eigenvalue weighted by Crippen LogP contribution is 2.23. The van der Waals surface area contributed by atoms with Gasteiger partial charge in [0.25, 0.3) is 0 Å². The maximum atomic E-state index is 13.8. The number of aryl methyl sites for hydroxylation is 1. The third kappa shape index (κ3) is 5.30. The molecule has 0 atom stereocenters. The average Bonchev–Trinajstić information content (AvgIpc) is 2.93. The van der Waals surface area contributed by atoms with Gasteiger partial charge in [-0.25, -0.2) is 13.5 Å². The lowest BCUT2D eigenvalue weighted by molar-refractivity contribution is 0.254. The van der Waals surface area contributed by atoms with Crippen molar-refractivity contribution in [3.05, 3.63) is 47.2 Å². The van der Waals surface area contributed by atoms with Crippen molar-refractivity contribution in [3.8, 4) is 5.88 Å². The normalized spacial score (nSPS) is 14.1. The fourth-order valence-corrected chi connectivity index (χ4v) is 2.15. The Morgan fingerprint density at radius 1 is 1.29 bits per heavy atom. The summed E-state index contributed by atoms with van der Waals surface area (Å²) in [5, 5.41) is 6.78. The van der Waals surface area contributed by atoms with Gasteiger partial charge in [-0.3, -0.25) is 0 Å². The molecule has 0 saturated heterocycles. The molecule has 132 valence electrons. The number of ether oxygens (including phenoxy) is 1. The van der Waals surface area contributed by atoms with E-state index >= 15 is 0 Å². The van der Waals surface area contributed by atoms with Crippen LogP contribution in [0.25, 0.3) is 0 Å². The average molecular weight is 340 g/mol. The zero-order valence-electron chi connectivity index (χ0n) is 17.2. The van der Waals surface area contributed by atoms with Crippen LogP contribution in [-0.2, 0) is 19.7 Å². The first-order valence-corrected chi connectivity index (χ1v) is 7.81. The van der Waals surface area contributed by atoms with Crippen LogP contribution >= 0.6 is 0 Å². The van der Waals surface area contributed by atoms with Crippen LogP contribution in [0.5, 0.6) is 5.88 Å². The number of hydrogen-bond acceptors (Lipinski definition) is 3. The number of benzene rings is 1. The van der Waals surface area contributed by atoms with E-state index in [2.05, 4.69) is 31.2 Å². The van der Waals surface area contributed by atoms with Gasteiger partial charge in [-0.1, -0.05) is 20.8 Å². The first kappa shape index (κ1) is 14.4. The van der Waals surface area contributed by atoms with E-state index in [1.54, 1.807) is 10.7 Å². The van der Waals surface area contributed by atoms with E-state index in [1.165, 1.54) is 0 Å². The van der Waals surface area contributed by atoms with Crippen molar-refractivity contribution in [2.45, 2.75) is 46.9 Å². The summed E-state index contributed by atoms with van der Waals surface area (Å²) in [5.41, 5.74) is 0.658. The summed E-state index contributed by atoms with van der Waals surface area (Å²) in [6.07, 6.45) is 0.811. The summed E-state index contributed by atoms with van der Waals surface area (Å²) in [6, 6.07) is 4.79. The molecular weight excluding hydrogens is 312 g/mol. The Balaban J connectivity index is 2.15. The van der Waals surface area contributed by atoms with Crippen LogP contribution in [0.2, 0.25) is 0 Å². The second-order valence-corrected chi connectivity index (χ2v) is 6.89. The molecule has 2 rings (SSSR count).